The predicted molar refractivity (Wildman–Crippen MR) is 128 cm³/mol. The van der Waals surface area contributed by atoms with E-state index in [9.17, 15) is 19.5 Å². The van der Waals surface area contributed by atoms with Gasteiger partial charge in [-0.3, -0.25) is 4.79 Å². The minimum Gasteiger partial charge on any atom is -0.480 e. The van der Waals surface area contributed by atoms with Gasteiger partial charge in [0, 0.05) is 19.1 Å². The van der Waals surface area contributed by atoms with Crippen molar-refractivity contribution in [1.29, 1.82) is 0 Å². The molecule has 2 amide bonds. The lowest BCUT2D eigenvalue weighted by atomic mass is 9.98. The number of benzene rings is 2. The van der Waals surface area contributed by atoms with Crippen LogP contribution in [-0.2, 0) is 19.1 Å². The molecule has 0 spiro atoms. The Bertz CT molecular complexity index is 1120. The SMILES string of the molecule is COC(C)C(NC(=O)C12CC(NC(=O)OCC3c4ccccc4-c4ccccc43)CC1C2)C(=O)O. The second-order valence-corrected chi connectivity index (χ2v) is 9.89. The van der Waals surface area contributed by atoms with E-state index < -0.39 is 29.6 Å². The van der Waals surface area contributed by atoms with Crippen LogP contribution in [0.5, 0.6) is 0 Å². The molecule has 2 fully saturated rings. The third kappa shape index (κ3) is 4.16. The molecule has 0 heterocycles. The molecular formula is C27H30N2O6. The molecule has 35 heavy (non-hydrogen) atoms. The van der Waals surface area contributed by atoms with Gasteiger partial charge >= 0.3 is 12.1 Å². The molecule has 5 unspecified atom stereocenters. The highest BCUT2D eigenvalue weighted by Crippen LogP contribution is 2.63. The first-order valence-corrected chi connectivity index (χ1v) is 12.0. The molecule has 8 nitrogen and oxygen atoms in total. The van der Waals surface area contributed by atoms with E-state index in [0.717, 1.165) is 11.1 Å². The van der Waals surface area contributed by atoms with E-state index in [0.29, 0.717) is 19.3 Å². The number of carbonyl (C=O) groups excluding carboxylic acids is 2. The van der Waals surface area contributed by atoms with Gasteiger partial charge in [0.1, 0.15) is 6.61 Å². The number of methoxy groups -OCH3 is 1. The Balaban J connectivity index is 1.17. The van der Waals surface area contributed by atoms with Gasteiger partial charge in [-0.1, -0.05) is 48.5 Å². The fraction of sp³-hybridized carbons (Fsp3) is 0.444. The molecule has 2 aromatic rings. The lowest BCUT2D eigenvalue weighted by molar-refractivity contribution is -0.146. The third-order valence-electron chi connectivity index (χ3n) is 7.92. The zero-order valence-electron chi connectivity index (χ0n) is 19.8. The molecule has 0 aliphatic heterocycles. The van der Waals surface area contributed by atoms with Crippen molar-refractivity contribution in [3.8, 4) is 11.1 Å². The Morgan fingerprint density at radius 2 is 1.69 bits per heavy atom. The highest BCUT2D eigenvalue weighted by atomic mass is 16.5. The molecule has 3 N–H and O–H groups in total. The number of alkyl carbamates (subject to hydrolysis) is 1. The number of hydrogen-bond donors (Lipinski definition) is 3. The summed E-state index contributed by atoms with van der Waals surface area (Å²) in [6, 6.07) is 15.0. The largest absolute Gasteiger partial charge is 0.480 e. The summed E-state index contributed by atoms with van der Waals surface area (Å²) in [4.78, 5) is 37.1. The fourth-order valence-electron chi connectivity index (χ4n) is 5.89. The summed E-state index contributed by atoms with van der Waals surface area (Å²) in [5.74, 6) is -1.30. The number of amides is 2. The maximum atomic E-state index is 12.9. The summed E-state index contributed by atoms with van der Waals surface area (Å²) in [5.41, 5.74) is 4.02. The number of fused-ring (bicyclic) bond motifs is 4. The Morgan fingerprint density at radius 1 is 1.06 bits per heavy atom. The van der Waals surface area contributed by atoms with Gasteiger partial charge in [-0.05, 0) is 54.4 Å². The molecular weight excluding hydrogens is 448 g/mol. The number of ether oxygens (including phenoxy) is 2. The summed E-state index contributed by atoms with van der Waals surface area (Å²) in [6.07, 6.45) is 0.706. The average Bonchev–Trinajstić information content (AvgIpc) is 3.28. The maximum Gasteiger partial charge on any atom is 0.407 e. The smallest absolute Gasteiger partial charge is 0.407 e. The van der Waals surface area contributed by atoms with Gasteiger partial charge in [-0.2, -0.15) is 0 Å². The van der Waals surface area contributed by atoms with Crippen molar-refractivity contribution in [2.75, 3.05) is 13.7 Å². The van der Waals surface area contributed by atoms with E-state index in [4.69, 9.17) is 9.47 Å². The molecule has 0 saturated heterocycles. The molecule has 8 heteroatoms. The molecule has 5 atom stereocenters. The topological polar surface area (TPSA) is 114 Å². The lowest BCUT2D eigenvalue weighted by Gasteiger charge is -2.23. The van der Waals surface area contributed by atoms with Crippen LogP contribution in [0.4, 0.5) is 4.79 Å². The van der Waals surface area contributed by atoms with Crippen molar-refractivity contribution < 1.29 is 29.0 Å². The van der Waals surface area contributed by atoms with Crippen molar-refractivity contribution in [3.05, 3.63) is 59.7 Å². The molecule has 0 radical (unpaired) electrons. The average molecular weight is 479 g/mol. The number of aliphatic carboxylic acids is 1. The fourth-order valence-corrected chi connectivity index (χ4v) is 5.89. The minimum atomic E-state index is -1.13. The van der Waals surface area contributed by atoms with Crippen molar-refractivity contribution >= 4 is 18.0 Å². The normalized spacial score (nSPS) is 25.5. The van der Waals surface area contributed by atoms with Gasteiger partial charge in [0.15, 0.2) is 6.04 Å². The van der Waals surface area contributed by atoms with Crippen LogP contribution in [-0.4, -0.2) is 55.0 Å². The van der Waals surface area contributed by atoms with Crippen molar-refractivity contribution in [2.24, 2.45) is 11.3 Å². The van der Waals surface area contributed by atoms with Crippen LogP contribution in [0.15, 0.2) is 48.5 Å². The van der Waals surface area contributed by atoms with E-state index in [1.807, 2.05) is 24.3 Å². The Morgan fingerprint density at radius 3 is 2.29 bits per heavy atom. The minimum absolute atomic E-state index is 0.0158. The van der Waals surface area contributed by atoms with Crippen LogP contribution >= 0.6 is 0 Å². The number of carbonyl (C=O) groups is 3. The van der Waals surface area contributed by atoms with Crippen molar-refractivity contribution in [3.63, 3.8) is 0 Å². The Hall–Kier alpha value is -3.39. The first-order valence-electron chi connectivity index (χ1n) is 12.0. The van der Waals surface area contributed by atoms with Crippen molar-refractivity contribution in [1.82, 2.24) is 10.6 Å². The Kier molecular flexibility index (Phi) is 6.01. The summed E-state index contributed by atoms with van der Waals surface area (Å²) >= 11 is 0. The lowest BCUT2D eigenvalue weighted by Crippen LogP contribution is -2.51. The van der Waals surface area contributed by atoms with Gasteiger partial charge in [-0.15, -0.1) is 0 Å². The standard InChI is InChI=1S/C27H30N2O6/c1-15(34-2)23(24(30)31)29-25(32)27-12-16(27)11-17(13-27)28-26(33)35-14-22-20-9-5-3-7-18(20)19-8-4-6-10-21(19)22/h3-10,15-17,22-23H,11-14H2,1-2H3,(H,28,33)(H,29,32)(H,30,31). The predicted octanol–water partition coefficient (Wildman–Crippen LogP) is 3.30. The van der Waals surface area contributed by atoms with Crippen LogP contribution in [0.2, 0.25) is 0 Å². The third-order valence-corrected chi connectivity index (χ3v) is 7.92. The monoisotopic (exact) mass is 478 g/mol. The van der Waals surface area contributed by atoms with E-state index >= 15 is 0 Å². The second-order valence-electron chi connectivity index (χ2n) is 9.89. The Labute approximate surface area is 204 Å². The molecule has 3 aliphatic carbocycles. The molecule has 0 aromatic heterocycles. The summed E-state index contributed by atoms with van der Waals surface area (Å²) < 4.78 is 10.7. The second kappa shape index (κ2) is 9.00. The first kappa shape index (κ1) is 23.4. The zero-order valence-corrected chi connectivity index (χ0v) is 19.8. The van der Waals surface area contributed by atoms with Crippen LogP contribution < -0.4 is 10.6 Å². The summed E-state index contributed by atoms with van der Waals surface area (Å²) in [7, 11) is 1.41. The van der Waals surface area contributed by atoms with E-state index in [1.54, 1.807) is 6.92 Å². The molecule has 2 aromatic carbocycles. The van der Waals surface area contributed by atoms with Gasteiger partial charge in [0.2, 0.25) is 5.91 Å². The van der Waals surface area contributed by atoms with Crippen LogP contribution in [0.25, 0.3) is 11.1 Å². The highest BCUT2D eigenvalue weighted by Gasteiger charge is 2.65. The number of nitrogens with one attached hydrogen (secondary N) is 2. The summed E-state index contributed by atoms with van der Waals surface area (Å²) in [6.45, 7) is 1.84. The first-order chi connectivity index (χ1) is 16.8. The zero-order chi connectivity index (χ0) is 24.7. The summed E-state index contributed by atoms with van der Waals surface area (Å²) in [5, 5.41) is 15.0. The van der Waals surface area contributed by atoms with Gasteiger partial charge < -0.3 is 25.2 Å². The van der Waals surface area contributed by atoms with E-state index in [-0.39, 0.29) is 30.4 Å². The van der Waals surface area contributed by atoms with Crippen molar-refractivity contribution in [2.45, 2.75) is 50.3 Å². The molecule has 0 bridgehead atoms. The van der Waals surface area contributed by atoms with Gasteiger partial charge in [-0.25, -0.2) is 9.59 Å². The van der Waals surface area contributed by atoms with Crippen LogP contribution in [0.3, 0.4) is 0 Å². The highest BCUT2D eigenvalue weighted by molar-refractivity contribution is 5.90. The quantitative estimate of drug-likeness (QED) is 0.537. The van der Waals surface area contributed by atoms with E-state index in [2.05, 4.69) is 34.9 Å². The number of hydrogen-bond acceptors (Lipinski definition) is 5. The molecule has 5 rings (SSSR count). The van der Waals surface area contributed by atoms with E-state index in [1.165, 1.54) is 18.2 Å². The number of carboxylic acid groups (broad SMARTS) is 1. The molecule has 184 valence electrons. The molecule has 2 saturated carbocycles. The van der Waals surface area contributed by atoms with Crippen LogP contribution in [0, 0.1) is 11.3 Å². The maximum absolute atomic E-state index is 12.9. The number of carboxylic acids is 1. The van der Waals surface area contributed by atoms with Gasteiger partial charge in [0.25, 0.3) is 0 Å². The van der Waals surface area contributed by atoms with Gasteiger partial charge in [0.05, 0.1) is 11.5 Å². The molecule has 3 aliphatic rings. The number of rotatable bonds is 8. The van der Waals surface area contributed by atoms with Crippen LogP contribution in [0.1, 0.15) is 43.2 Å².